The van der Waals surface area contributed by atoms with Gasteiger partial charge in [0, 0.05) is 6.20 Å². The first-order chi connectivity index (χ1) is 7.13. The number of pyridine rings is 1. The maximum atomic E-state index is 9.93. The minimum atomic E-state index is -0.285. The summed E-state index contributed by atoms with van der Waals surface area (Å²) in [5.74, 6) is 0.854. The molecular weight excluding hydrogens is 188 g/mol. The molecule has 84 valence electrons. The molecule has 2 unspecified atom stereocenters. The van der Waals surface area contributed by atoms with E-state index in [2.05, 4.69) is 18.8 Å². The molecule has 0 aliphatic rings. The van der Waals surface area contributed by atoms with Gasteiger partial charge in [0.2, 0.25) is 0 Å². The number of hydrogen-bond donors (Lipinski definition) is 2. The Labute approximate surface area is 91.3 Å². The maximum absolute atomic E-state index is 9.93. The SMILES string of the molecule is CCCC(C)C(O)Cc1ccnc(N)c1. The Hall–Kier alpha value is -1.09. The molecule has 0 aromatic carbocycles. The Bertz CT molecular complexity index is 301. The minimum absolute atomic E-state index is 0.285. The molecule has 0 aliphatic heterocycles. The molecule has 0 fully saturated rings. The van der Waals surface area contributed by atoms with Crippen molar-refractivity contribution in [2.75, 3.05) is 5.73 Å². The van der Waals surface area contributed by atoms with Crippen molar-refractivity contribution < 1.29 is 5.11 Å². The van der Waals surface area contributed by atoms with Crippen LogP contribution in [0.1, 0.15) is 32.3 Å². The predicted octanol–water partition coefficient (Wildman–Crippen LogP) is 2.00. The molecule has 0 amide bonds. The third kappa shape index (κ3) is 3.88. The van der Waals surface area contributed by atoms with Gasteiger partial charge in [0.25, 0.3) is 0 Å². The van der Waals surface area contributed by atoms with Gasteiger partial charge in [0.1, 0.15) is 5.82 Å². The normalized spacial score (nSPS) is 14.9. The van der Waals surface area contributed by atoms with Crippen LogP contribution in [0.25, 0.3) is 0 Å². The van der Waals surface area contributed by atoms with E-state index < -0.39 is 0 Å². The van der Waals surface area contributed by atoms with Gasteiger partial charge in [-0.05, 0) is 36.5 Å². The lowest BCUT2D eigenvalue weighted by molar-refractivity contribution is 0.111. The van der Waals surface area contributed by atoms with Crippen LogP contribution in [0.3, 0.4) is 0 Å². The van der Waals surface area contributed by atoms with Gasteiger partial charge in [0.05, 0.1) is 6.10 Å². The molecular formula is C12H20N2O. The lowest BCUT2D eigenvalue weighted by atomic mass is 9.94. The van der Waals surface area contributed by atoms with Crippen LogP contribution in [-0.2, 0) is 6.42 Å². The van der Waals surface area contributed by atoms with Gasteiger partial charge in [0.15, 0.2) is 0 Å². The Kier molecular flexibility index (Phi) is 4.56. The van der Waals surface area contributed by atoms with Crippen molar-refractivity contribution in [2.45, 2.75) is 39.2 Å². The summed E-state index contributed by atoms with van der Waals surface area (Å²) in [5, 5.41) is 9.93. The Balaban J connectivity index is 2.54. The number of aromatic nitrogens is 1. The van der Waals surface area contributed by atoms with Crippen molar-refractivity contribution >= 4 is 5.82 Å². The van der Waals surface area contributed by atoms with Gasteiger partial charge in [-0.15, -0.1) is 0 Å². The molecule has 3 heteroatoms. The first-order valence-corrected chi connectivity index (χ1v) is 5.52. The standard InChI is InChI=1S/C12H20N2O/c1-3-4-9(2)11(15)7-10-5-6-14-12(13)8-10/h5-6,8-9,11,15H,3-4,7H2,1-2H3,(H2,13,14). The Morgan fingerprint density at radius 3 is 2.87 bits per heavy atom. The fourth-order valence-corrected chi connectivity index (χ4v) is 1.71. The summed E-state index contributed by atoms with van der Waals surface area (Å²) in [5.41, 5.74) is 6.63. The van der Waals surface area contributed by atoms with Crippen LogP contribution >= 0.6 is 0 Å². The van der Waals surface area contributed by atoms with E-state index in [9.17, 15) is 5.11 Å². The highest BCUT2D eigenvalue weighted by molar-refractivity contribution is 5.32. The zero-order valence-electron chi connectivity index (χ0n) is 9.48. The van der Waals surface area contributed by atoms with Crippen molar-refractivity contribution in [2.24, 2.45) is 5.92 Å². The first-order valence-electron chi connectivity index (χ1n) is 5.52. The number of rotatable bonds is 5. The van der Waals surface area contributed by atoms with E-state index in [1.807, 2.05) is 12.1 Å². The summed E-state index contributed by atoms with van der Waals surface area (Å²) >= 11 is 0. The highest BCUT2D eigenvalue weighted by Gasteiger charge is 2.13. The fourth-order valence-electron chi connectivity index (χ4n) is 1.71. The molecule has 1 heterocycles. The lowest BCUT2D eigenvalue weighted by Crippen LogP contribution is -2.20. The average molecular weight is 208 g/mol. The second kappa shape index (κ2) is 5.71. The topological polar surface area (TPSA) is 59.1 Å². The number of hydrogen-bond acceptors (Lipinski definition) is 3. The zero-order chi connectivity index (χ0) is 11.3. The number of aliphatic hydroxyl groups is 1. The van der Waals surface area contributed by atoms with Gasteiger partial charge >= 0.3 is 0 Å². The molecule has 15 heavy (non-hydrogen) atoms. The highest BCUT2D eigenvalue weighted by Crippen LogP contribution is 2.15. The molecule has 0 spiro atoms. The van der Waals surface area contributed by atoms with Gasteiger partial charge in [-0.1, -0.05) is 20.3 Å². The monoisotopic (exact) mass is 208 g/mol. The maximum Gasteiger partial charge on any atom is 0.123 e. The fraction of sp³-hybridized carbons (Fsp3) is 0.583. The summed E-state index contributed by atoms with van der Waals surface area (Å²) in [4.78, 5) is 3.92. The highest BCUT2D eigenvalue weighted by atomic mass is 16.3. The van der Waals surface area contributed by atoms with E-state index in [-0.39, 0.29) is 6.10 Å². The molecule has 3 N–H and O–H groups in total. The van der Waals surface area contributed by atoms with Crippen molar-refractivity contribution in [3.05, 3.63) is 23.9 Å². The third-order valence-electron chi connectivity index (χ3n) is 2.69. The van der Waals surface area contributed by atoms with Crippen LogP contribution in [0.2, 0.25) is 0 Å². The molecule has 0 bridgehead atoms. The second-order valence-electron chi connectivity index (χ2n) is 4.13. The van der Waals surface area contributed by atoms with Crippen molar-refractivity contribution in [3.63, 3.8) is 0 Å². The average Bonchev–Trinajstić information content (AvgIpc) is 2.18. The smallest absolute Gasteiger partial charge is 0.123 e. The van der Waals surface area contributed by atoms with Gasteiger partial charge in [-0.25, -0.2) is 4.98 Å². The van der Waals surface area contributed by atoms with Crippen molar-refractivity contribution in [1.29, 1.82) is 0 Å². The number of nitrogens with two attached hydrogens (primary N) is 1. The van der Waals surface area contributed by atoms with Crippen LogP contribution in [0.15, 0.2) is 18.3 Å². The zero-order valence-corrected chi connectivity index (χ0v) is 9.48. The number of anilines is 1. The summed E-state index contributed by atoms with van der Waals surface area (Å²) in [7, 11) is 0. The molecule has 0 aliphatic carbocycles. The van der Waals surface area contributed by atoms with E-state index >= 15 is 0 Å². The lowest BCUT2D eigenvalue weighted by Gasteiger charge is -2.18. The molecule has 0 saturated carbocycles. The first kappa shape index (κ1) is 12.0. The van der Waals surface area contributed by atoms with E-state index in [0.717, 1.165) is 18.4 Å². The summed E-state index contributed by atoms with van der Waals surface area (Å²) in [6, 6.07) is 3.72. The summed E-state index contributed by atoms with van der Waals surface area (Å²) in [6.45, 7) is 4.21. The molecule has 3 nitrogen and oxygen atoms in total. The van der Waals surface area contributed by atoms with Gasteiger partial charge < -0.3 is 10.8 Å². The Morgan fingerprint density at radius 2 is 2.27 bits per heavy atom. The molecule has 2 atom stereocenters. The molecule has 0 saturated heterocycles. The molecule has 0 radical (unpaired) electrons. The number of nitrogen functional groups attached to an aromatic ring is 1. The minimum Gasteiger partial charge on any atom is -0.393 e. The molecule has 1 aromatic heterocycles. The summed E-state index contributed by atoms with van der Waals surface area (Å²) < 4.78 is 0. The van der Waals surface area contributed by atoms with Crippen LogP contribution < -0.4 is 5.73 Å². The molecule has 1 aromatic rings. The third-order valence-corrected chi connectivity index (χ3v) is 2.69. The van der Waals surface area contributed by atoms with Crippen LogP contribution in [-0.4, -0.2) is 16.2 Å². The Morgan fingerprint density at radius 1 is 1.53 bits per heavy atom. The van der Waals surface area contributed by atoms with Crippen LogP contribution in [0.4, 0.5) is 5.82 Å². The van der Waals surface area contributed by atoms with Gasteiger partial charge in [-0.3, -0.25) is 0 Å². The molecule has 1 rings (SSSR count). The van der Waals surface area contributed by atoms with E-state index in [1.54, 1.807) is 6.20 Å². The van der Waals surface area contributed by atoms with E-state index in [4.69, 9.17) is 5.73 Å². The summed E-state index contributed by atoms with van der Waals surface area (Å²) in [6.07, 6.45) is 4.22. The second-order valence-corrected chi connectivity index (χ2v) is 4.13. The van der Waals surface area contributed by atoms with E-state index in [0.29, 0.717) is 18.2 Å². The largest absolute Gasteiger partial charge is 0.393 e. The van der Waals surface area contributed by atoms with Gasteiger partial charge in [-0.2, -0.15) is 0 Å². The number of aliphatic hydroxyl groups excluding tert-OH is 1. The van der Waals surface area contributed by atoms with E-state index in [1.165, 1.54) is 0 Å². The predicted molar refractivity (Wildman–Crippen MR) is 62.4 cm³/mol. The van der Waals surface area contributed by atoms with Crippen molar-refractivity contribution in [1.82, 2.24) is 4.98 Å². The number of nitrogens with zero attached hydrogens (tertiary/aromatic N) is 1. The van der Waals surface area contributed by atoms with Crippen molar-refractivity contribution in [3.8, 4) is 0 Å². The quantitative estimate of drug-likeness (QED) is 0.778. The van der Waals surface area contributed by atoms with Crippen LogP contribution in [0.5, 0.6) is 0 Å². The van der Waals surface area contributed by atoms with Crippen LogP contribution in [0, 0.1) is 5.92 Å².